The first kappa shape index (κ1) is 29.0. The smallest absolute Gasteiger partial charge is 0.264 e. The van der Waals surface area contributed by atoms with Gasteiger partial charge in [-0.1, -0.05) is 36.4 Å². The van der Waals surface area contributed by atoms with Crippen LogP contribution in [0.25, 0.3) is 11.0 Å². The van der Waals surface area contributed by atoms with Crippen LogP contribution in [0, 0.1) is 0 Å². The van der Waals surface area contributed by atoms with Crippen molar-refractivity contribution in [2.24, 2.45) is 0 Å². The van der Waals surface area contributed by atoms with Gasteiger partial charge in [0.15, 0.2) is 0 Å². The third-order valence-corrected chi connectivity index (χ3v) is 8.58. The fourth-order valence-electron chi connectivity index (χ4n) is 6.21. The summed E-state index contributed by atoms with van der Waals surface area (Å²) in [4.78, 5) is 38.3. The molecular formula is C33H38N6O4. The number of anilines is 1. The summed E-state index contributed by atoms with van der Waals surface area (Å²) in [6.07, 6.45) is 7.91. The fourth-order valence-corrected chi connectivity index (χ4v) is 6.21. The number of fused-ring (bicyclic) bond motifs is 1. The number of pyridine rings is 1. The number of ether oxygens (including phenoxy) is 1. The highest BCUT2D eigenvalue weighted by Gasteiger charge is 2.27. The number of aliphatic hydroxyl groups is 1. The average molecular weight is 583 g/mol. The Bertz CT molecular complexity index is 1600. The van der Waals surface area contributed by atoms with Gasteiger partial charge in [0, 0.05) is 37.9 Å². The summed E-state index contributed by atoms with van der Waals surface area (Å²) < 4.78 is 6.91. The molecule has 0 bridgehead atoms. The molecule has 1 saturated carbocycles. The second-order valence-electron chi connectivity index (χ2n) is 11.3. The largest absolute Gasteiger partial charge is 0.394 e. The number of morpholine rings is 1. The number of hydrogen-bond donors (Lipinski definition) is 3. The standard InChI is InChI=1S/C33H38N6O4/c40-22-30(24-5-2-1-3-6-24)39-14-4-7-27(33(39)42)32(41)35-20-23-8-13-28-29(19-23)37-31(21-34-28)36-25-9-11-26(12-10-25)38-15-17-43-18-16-38/h1-8,13-14,19,21,25-26,30,40H,9-12,15-18,20,22H2,(H,35,41)(H,36,37)/t25?,26?,30-/m1/s1. The topological polar surface area (TPSA) is 122 Å². The Balaban J connectivity index is 1.09. The number of rotatable bonds is 9. The number of aromatic nitrogens is 3. The number of benzene rings is 2. The van der Waals surface area contributed by atoms with Crippen molar-refractivity contribution in [3.8, 4) is 0 Å². The maximum Gasteiger partial charge on any atom is 0.264 e. The molecule has 1 saturated heterocycles. The van der Waals surface area contributed by atoms with Crippen LogP contribution in [0.5, 0.6) is 0 Å². The first-order chi connectivity index (χ1) is 21.1. The van der Waals surface area contributed by atoms with Crippen molar-refractivity contribution in [1.29, 1.82) is 0 Å². The zero-order valence-corrected chi connectivity index (χ0v) is 24.2. The van der Waals surface area contributed by atoms with Crippen LogP contribution in [-0.2, 0) is 11.3 Å². The molecule has 2 aromatic carbocycles. The molecule has 2 fully saturated rings. The van der Waals surface area contributed by atoms with Crippen molar-refractivity contribution in [1.82, 2.24) is 24.8 Å². The van der Waals surface area contributed by atoms with Gasteiger partial charge in [-0.15, -0.1) is 0 Å². The van der Waals surface area contributed by atoms with Crippen LogP contribution in [0.1, 0.15) is 53.2 Å². The zero-order chi connectivity index (χ0) is 29.6. The Morgan fingerprint density at radius 3 is 2.56 bits per heavy atom. The second kappa shape index (κ2) is 13.5. The van der Waals surface area contributed by atoms with Crippen LogP contribution < -0.4 is 16.2 Å². The van der Waals surface area contributed by atoms with E-state index in [4.69, 9.17) is 9.72 Å². The summed E-state index contributed by atoms with van der Waals surface area (Å²) in [5.74, 6) is 0.281. The van der Waals surface area contributed by atoms with Crippen molar-refractivity contribution in [2.45, 2.75) is 50.4 Å². The second-order valence-corrected chi connectivity index (χ2v) is 11.3. The number of carbonyl (C=O) groups excluding carboxylic acids is 1. The van der Waals surface area contributed by atoms with E-state index in [1.54, 1.807) is 18.5 Å². The van der Waals surface area contributed by atoms with Gasteiger partial charge in [-0.25, -0.2) is 4.98 Å². The lowest BCUT2D eigenvalue weighted by atomic mass is 9.90. The number of hydrogen-bond acceptors (Lipinski definition) is 8. The van der Waals surface area contributed by atoms with Crippen LogP contribution in [-0.4, -0.2) is 75.4 Å². The first-order valence-corrected chi connectivity index (χ1v) is 15.1. The van der Waals surface area contributed by atoms with Crippen molar-refractivity contribution >= 4 is 22.8 Å². The van der Waals surface area contributed by atoms with E-state index in [1.165, 1.54) is 23.5 Å². The first-order valence-electron chi connectivity index (χ1n) is 15.1. The van der Waals surface area contributed by atoms with Crippen LogP contribution in [0.3, 0.4) is 0 Å². The summed E-state index contributed by atoms with van der Waals surface area (Å²) in [6.45, 7) is 3.70. The normalized spacial score (nSPS) is 20.0. The minimum absolute atomic E-state index is 0.0206. The Morgan fingerprint density at radius 2 is 1.79 bits per heavy atom. The summed E-state index contributed by atoms with van der Waals surface area (Å²) >= 11 is 0. The van der Waals surface area contributed by atoms with Gasteiger partial charge >= 0.3 is 0 Å². The molecule has 224 valence electrons. The van der Waals surface area contributed by atoms with Crippen molar-refractivity contribution in [3.63, 3.8) is 0 Å². The summed E-state index contributed by atoms with van der Waals surface area (Å²) in [6, 6.07) is 18.6. The molecule has 10 heteroatoms. The lowest BCUT2D eigenvalue weighted by Crippen LogP contribution is -2.46. The minimum Gasteiger partial charge on any atom is -0.394 e. The molecule has 1 aliphatic carbocycles. The summed E-state index contributed by atoms with van der Waals surface area (Å²) in [5, 5.41) is 16.5. The molecule has 10 nitrogen and oxygen atoms in total. The van der Waals surface area contributed by atoms with Crippen LogP contribution in [0.2, 0.25) is 0 Å². The predicted molar refractivity (Wildman–Crippen MR) is 165 cm³/mol. The Labute approximate surface area is 250 Å². The van der Waals surface area contributed by atoms with Gasteiger partial charge in [0.05, 0.1) is 43.1 Å². The highest BCUT2D eigenvalue weighted by atomic mass is 16.5. The summed E-state index contributed by atoms with van der Waals surface area (Å²) in [5.41, 5.74) is 2.73. The monoisotopic (exact) mass is 582 g/mol. The molecule has 6 rings (SSSR count). The molecule has 1 aliphatic heterocycles. The number of aliphatic hydroxyl groups excluding tert-OH is 1. The third-order valence-electron chi connectivity index (χ3n) is 8.58. The maximum absolute atomic E-state index is 13.2. The van der Waals surface area contributed by atoms with Gasteiger partial charge in [-0.3, -0.25) is 19.5 Å². The summed E-state index contributed by atoms with van der Waals surface area (Å²) in [7, 11) is 0. The van der Waals surface area contributed by atoms with E-state index in [0.717, 1.165) is 67.1 Å². The third kappa shape index (κ3) is 6.77. The number of nitrogens with one attached hydrogen (secondary N) is 2. The van der Waals surface area contributed by atoms with Crippen LogP contribution >= 0.6 is 0 Å². The molecule has 4 aromatic rings. The quantitative estimate of drug-likeness (QED) is 0.275. The highest BCUT2D eigenvalue weighted by molar-refractivity contribution is 5.93. The molecule has 3 heterocycles. The fraction of sp³-hybridized carbons (Fsp3) is 0.394. The van der Waals surface area contributed by atoms with E-state index in [2.05, 4.69) is 20.5 Å². The lowest BCUT2D eigenvalue weighted by molar-refractivity contribution is 0.00790. The molecular weight excluding hydrogens is 544 g/mol. The molecule has 2 aliphatic rings. The van der Waals surface area contributed by atoms with E-state index in [0.29, 0.717) is 12.1 Å². The minimum atomic E-state index is -0.580. The van der Waals surface area contributed by atoms with Gasteiger partial charge < -0.3 is 25.0 Å². The predicted octanol–water partition coefficient (Wildman–Crippen LogP) is 3.36. The van der Waals surface area contributed by atoms with Gasteiger partial charge in [0.2, 0.25) is 0 Å². The van der Waals surface area contributed by atoms with Crippen molar-refractivity contribution in [2.75, 3.05) is 38.2 Å². The number of carbonyl (C=O) groups is 1. The van der Waals surface area contributed by atoms with Crippen LogP contribution in [0.4, 0.5) is 5.82 Å². The molecule has 1 atom stereocenters. The Morgan fingerprint density at radius 1 is 1.00 bits per heavy atom. The van der Waals surface area contributed by atoms with E-state index in [9.17, 15) is 14.7 Å². The van der Waals surface area contributed by atoms with Gasteiger partial charge in [-0.2, -0.15) is 0 Å². The maximum atomic E-state index is 13.2. The van der Waals surface area contributed by atoms with E-state index in [-0.39, 0.29) is 18.7 Å². The van der Waals surface area contributed by atoms with Gasteiger partial charge in [0.1, 0.15) is 11.4 Å². The molecule has 43 heavy (non-hydrogen) atoms. The van der Waals surface area contributed by atoms with Crippen molar-refractivity contribution < 1.29 is 14.6 Å². The average Bonchev–Trinajstić information content (AvgIpc) is 3.06. The number of amides is 1. The Hall–Kier alpha value is -4.12. The van der Waals surface area contributed by atoms with Gasteiger partial charge in [0.25, 0.3) is 11.5 Å². The van der Waals surface area contributed by atoms with Gasteiger partial charge in [-0.05, 0) is 61.1 Å². The van der Waals surface area contributed by atoms with E-state index in [1.807, 2.05) is 48.5 Å². The van der Waals surface area contributed by atoms with Crippen LogP contribution in [0.15, 0.2) is 77.9 Å². The van der Waals surface area contributed by atoms with E-state index < -0.39 is 17.5 Å². The molecule has 3 N–H and O–H groups in total. The SMILES string of the molecule is O=C(NCc1ccc2ncc(NC3CCC(N4CCOCC4)CC3)nc2c1)c1cccn([C@H](CO)c2ccccc2)c1=O. The zero-order valence-electron chi connectivity index (χ0n) is 24.2. The lowest BCUT2D eigenvalue weighted by Gasteiger charge is -2.39. The van der Waals surface area contributed by atoms with E-state index >= 15 is 0 Å². The molecule has 0 unspecified atom stereocenters. The molecule has 0 spiro atoms. The molecule has 0 radical (unpaired) electrons. The molecule has 1 amide bonds. The molecule has 2 aromatic heterocycles. The highest BCUT2D eigenvalue weighted by Crippen LogP contribution is 2.26. The number of nitrogens with zero attached hydrogens (tertiary/aromatic N) is 4. The van der Waals surface area contributed by atoms with Crippen molar-refractivity contribution in [3.05, 3.63) is 100 Å². The Kier molecular flexibility index (Phi) is 9.07.